The Bertz CT molecular complexity index is 1380. The average molecular weight is 518 g/mol. The fourth-order valence-electron chi connectivity index (χ4n) is 4.62. The van der Waals surface area contributed by atoms with E-state index in [-0.39, 0.29) is 30.1 Å². The molecule has 4 rings (SSSR count). The Labute approximate surface area is 209 Å². The van der Waals surface area contributed by atoms with Gasteiger partial charge in [0.1, 0.15) is 16.8 Å². The Kier molecular flexibility index (Phi) is 7.02. The average Bonchev–Trinajstić information content (AvgIpc) is 3.38. The number of nitrogens with zero attached hydrogens (tertiary/aromatic N) is 4. The molecule has 0 spiro atoms. The number of fused-ring (bicyclic) bond motifs is 1. The lowest BCUT2D eigenvalue weighted by Gasteiger charge is -2.34. The number of aryl methyl sites for hydroxylation is 1. The van der Waals surface area contributed by atoms with Gasteiger partial charge in [-0.15, -0.1) is 11.3 Å². The first kappa shape index (κ1) is 25.6. The predicted molar refractivity (Wildman–Crippen MR) is 128 cm³/mol. The number of alkyl halides is 3. The van der Waals surface area contributed by atoms with E-state index >= 15 is 4.39 Å². The number of carbonyl (C=O) groups excluding carboxylic acids is 1. The van der Waals surface area contributed by atoms with E-state index in [2.05, 4.69) is 16.5 Å². The van der Waals surface area contributed by atoms with E-state index in [4.69, 9.17) is 0 Å². The number of carbonyl (C=O) groups is 1. The molecule has 0 fully saturated rings. The zero-order valence-electron chi connectivity index (χ0n) is 19.8. The van der Waals surface area contributed by atoms with Crippen molar-refractivity contribution < 1.29 is 22.4 Å². The second-order valence-corrected chi connectivity index (χ2v) is 9.61. The van der Waals surface area contributed by atoms with Crippen LogP contribution in [-0.4, -0.2) is 40.7 Å². The number of nitriles is 1. The van der Waals surface area contributed by atoms with Crippen molar-refractivity contribution in [2.45, 2.75) is 25.6 Å². The number of thiophene rings is 1. The first-order valence-corrected chi connectivity index (χ1v) is 11.9. The molecule has 1 aliphatic rings. The van der Waals surface area contributed by atoms with E-state index in [1.165, 1.54) is 30.5 Å². The van der Waals surface area contributed by atoms with Crippen LogP contribution < -0.4 is 5.32 Å². The van der Waals surface area contributed by atoms with Gasteiger partial charge in [-0.25, -0.2) is 4.39 Å². The quantitative estimate of drug-likeness (QED) is 0.392. The molecule has 3 heterocycles. The van der Waals surface area contributed by atoms with Crippen LogP contribution in [0.5, 0.6) is 0 Å². The summed E-state index contributed by atoms with van der Waals surface area (Å²) in [4.78, 5) is 15.7. The standard InChI is InChI=1S/C25H23F4N5OS/c1-14-19(10-30)36-20-13-34(21(35)8-5-9-31-2)12-16(22(14)20)15-6-4-7-18(26)23(15)17-11-33(3)32-24(17)25(27,28)29/h4-8,11,16,31H,9,12-13H2,1-3H3/b8-5+/t16-/m0/s1. The van der Waals surface area contributed by atoms with Gasteiger partial charge in [0.2, 0.25) is 5.91 Å². The lowest BCUT2D eigenvalue weighted by atomic mass is 9.81. The Hall–Kier alpha value is -3.49. The number of amides is 1. The van der Waals surface area contributed by atoms with Crippen molar-refractivity contribution >= 4 is 17.2 Å². The number of hydrogen-bond donors (Lipinski definition) is 1. The molecule has 1 aliphatic heterocycles. The van der Waals surface area contributed by atoms with Gasteiger partial charge >= 0.3 is 6.18 Å². The normalized spacial score (nSPS) is 15.8. The maximum absolute atomic E-state index is 15.3. The molecule has 36 heavy (non-hydrogen) atoms. The van der Waals surface area contributed by atoms with Gasteiger partial charge in [0.15, 0.2) is 5.69 Å². The molecule has 1 N–H and O–H groups in total. The zero-order chi connectivity index (χ0) is 26.2. The Morgan fingerprint density at radius 1 is 1.39 bits per heavy atom. The molecular formula is C25H23F4N5OS. The topological polar surface area (TPSA) is 74.0 Å². The monoisotopic (exact) mass is 517 g/mol. The van der Waals surface area contributed by atoms with E-state index < -0.39 is 23.6 Å². The van der Waals surface area contributed by atoms with Crippen molar-refractivity contribution in [3.8, 4) is 17.2 Å². The molecule has 11 heteroatoms. The van der Waals surface area contributed by atoms with Gasteiger partial charge in [-0.2, -0.15) is 23.5 Å². The molecule has 188 valence electrons. The summed E-state index contributed by atoms with van der Waals surface area (Å²) >= 11 is 1.25. The van der Waals surface area contributed by atoms with Gasteiger partial charge in [0.05, 0.1) is 6.54 Å². The third kappa shape index (κ3) is 4.66. The van der Waals surface area contributed by atoms with Crippen molar-refractivity contribution in [1.29, 1.82) is 5.26 Å². The van der Waals surface area contributed by atoms with Gasteiger partial charge in [0, 0.05) is 54.3 Å². The molecule has 1 aromatic carbocycles. The molecule has 0 saturated carbocycles. The highest BCUT2D eigenvalue weighted by molar-refractivity contribution is 7.12. The number of nitrogens with one attached hydrogen (secondary N) is 1. The predicted octanol–water partition coefficient (Wildman–Crippen LogP) is 4.74. The van der Waals surface area contributed by atoms with Gasteiger partial charge in [-0.05, 0) is 36.7 Å². The summed E-state index contributed by atoms with van der Waals surface area (Å²) in [6.07, 6.45) is -0.537. The largest absolute Gasteiger partial charge is 0.435 e. The van der Waals surface area contributed by atoms with Crippen LogP contribution in [0, 0.1) is 24.1 Å². The molecule has 1 amide bonds. The van der Waals surface area contributed by atoms with E-state index in [1.807, 2.05) is 0 Å². The summed E-state index contributed by atoms with van der Waals surface area (Å²) in [5.41, 5.74) is -0.0165. The highest BCUT2D eigenvalue weighted by Crippen LogP contribution is 2.46. The minimum Gasteiger partial charge on any atom is -0.333 e. The summed E-state index contributed by atoms with van der Waals surface area (Å²) in [7, 11) is 3.09. The van der Waals surface area contributed by atoms with Crippen LogP contribution in [-0.2, 0) is 24.6 Å². The van der Waals surface area contributed by atoms with Crippen LogP contribution in [0.15, 0.2) is 36.5 Å². The molecule has 0 aliphatic carbocycles. The maximum Gasteiger partial charge on any atom is 0.435 e. The molecule has 0 bridgehead atoms. The fraction of sp³-hybridized carbons (Fsp3) is 0.320. The Balaban J connectivity index is 1.91. The van der Waals surface area contributed by atoms with Crippen LogP contribution in [0.2, 0.25) is 0 Å². The van der Waals surface area contributed by atoms with Gasteiger partial charge < -0.3 is 10.2 Å². The number of hydrogen-bond acceptors (Lipinski definition) is 5. The lowest BCUT2D eigenvalue weighted by molar-refractivity contribution is -0.141. The molecule has 0 saturated heterocycles. The van der Waals surface area contributed by atoms with Crippen molar-refractivity contribution in [1.82, 2.24) is 20.0 Å². The van der Waals surface area contributed by atoms with Crippen molar-refractivity contribution in [2.75, 3.05) is 20.1 Å². The van der Waals surface area contributed by atoms with Crippen LogP contribution in [0.25, 0.3) is 11.1 Å². The summed E-state index contributed by atoms with van der Waals surface area (Å²) in [5.74, 6) is -1.74. The molecule has 3 aromatic rings. The number of halogens is 4. The summed E-state index contributed by atoms with van der Waals surface area (Å²) in [6, 6.07) is 6.29. The van der Waals surface area contributed by atoms with E-state index in [1.54, 1.807) is 31.0 Å². The fourth-order valence-corrected chi connectivity index (χ4v) is 5.80. The van der Waals surface area contributed by atoms with Gasteiger partial charge in [-0.3, -0.25) is 9.48 Å². The number of likely N-dealkylation sites (N-methyl/N-ethyl adjacent to an activating group) is 1. The summed E-state index contributed by atoms with van der Waals surface area (Å²) < 4.78 is 57.8. The molecule has 1 atom stereocenters. The van der Waals surface area contributed by atoms with E-state index in [0.717, 1.165) is 27.4 Å². The number of aromatic nitrogens is 2. The highest BCUT2D eigenvalue weighted by atomic mass is 32.1. The maximum atomic E-state index is 15.3. The third-order valence-electron chi connectivity index (χ3n) is 6.14. The first-order valence-electron chi connectivity index (χ1n) is 11.1. The minimum atomic E-state index is -4.79. The smallest absolute Gasteiger partial charge is 0.333 e. The van der Waals surface area contributed by atoms with Crippen molar-refractivity contribution in [3.05, 3.63) is 74.5 Å². The first-order chi connectivity index (χ1) is 17.1. The van der Waals surface area contributed by atoms with Gasteiger partial charge in [0.25, 0.3) is 0 Å². The second kappa shape index (κ2) is 9.87. The lowest BCUT2D eigenvalue weighted by Crippen LogP contribution is -2.37. The van der Waals surface area contributed by atoms with Crippen molar-refractivity contribution in [3.63, 3.8) is 0 Å². The van der Waals surface area contributed by atoms with Crippen LogP contribution in [0.4, 0.5) is 17.6 Å². The zero-order valence-corrected chi connectivity index (χ0v) is 20.6. The van der Waals surface area contributed by atoms with E-state index in [0.29, 0.717) is 22.5 Å². The molecule has 0 radical (unpaired) electrons. The molecule has 6 nitrogen and oxygen atoms in total. The van der Waals surface area contributed by atoms with Gasteiger partial charge in [-0.1, -0.05) is 18.2 Å². The third-order valence-corrected chi connectivity index (χ3v) is 7.34. The van der Waals surface area contributed by atoms with Crippen LogP contribution in [0.1, 0.15) is 38.1 Å². The summed E-state index contributed by atoms with van der Waals surface area (Å²) in [6.45, 7) is 2.64. The number of rotatable bonds is 5. The van der Waals surface area contributed by atoms with Crippen molar-refractivity contribution in [2.24, 2.45) is 7.05 Å². The minimum absolute atomic E-state index is 0.121. The SMILES string of the molecule is CNC/C=C/C(=O)N1Cc2sc(C#N)c(C)c2[C@H](c2cccc(F)c2-c2cn(C)nc2C(F)(F)F)C1. The van der Waals surface area contributed by atoms with Crippen LogP contribution in [0.3, 0.4) is 0 Å². The molecule has 2 aromatic heterocycles. The molecular weight excluding hydrogens is 494 g/mol. The summed E-state index contributed by atoms with van der Waals surface area (Å²) in [5, 5.41) is 16.1. The second-order valence-electron chi connectivity index (χ2n) is 8.50. The Morgan fingerprint density at radius 2 is 2.14 bits per heavy atom. The van der Waals surface area contributed by atoms with E-state index in [9.17, 15) is 23.2 Å². The van der Waals surface area contributed by atoms with Crippen LogP contribution >= 0.6 is 11.3 Å². The highest BCUT2D eigenvalue weighted by Gasteiger charge is 2.40. The molecule has 0 unspecified atom stereocenters. The number of benzene rings is 1. The Morgan fingerprint density at radius 3 is 2.81 bits per heavy atom.